The molecular formula is C31H28ClF3N4O4S. The predicted octanol–water partition coefficient (Wildman–Crippen LogP) is 5.93. The molecule has 1 fully saturated rings. The molecule has 13 heteroatoms. The van der Waals surface area contributed by atoms with Crippen molar-refractivity contribution in [3.8, 4) is 16.9 Å². The molecule has 3 N–H and O–H groups in total. The lowest BCUT2D eigenvalue weighted by Gasteiger charge is -2.36. The van der Waals surface area contributed by atoms with Gasteiger partial charge in [0.15, 0.2) is 5.75 Å². The number of carbonyl (C=O) groups is 1. The van der Waals surface area contributed by atoms with Crippen LogP contribution in [-0.4, -0.2) is 51.8 Å². The highest BCUT2D eigenvalue weighted by Crippen LogP contribution is 2.32. The Hall–Kier alpha value is -4.26. The molecule has 1 amide bonds. The summed E-state index contributed by atoms with van der Waals surface area (Å²) in [6.45, 7) is 3.87. The monoisotopic (exact) mass is 644 g/mol. The second-order valence-corrected chi connectivity index (χ2v) is 12.2. The summed E-state index contributed by atoms with van der Waals surface area (Å²) in [5, 5.41) is 0.688. The number of nitrogens with one attached hydrogen (secondary N) is 1. The molecule has 1 saturated heterocycles. The predicted molar refractivity (Wildman–Crippen MR) is 163 cm³/mol. The van der Waals surface area contributed by atoms with Gasteiger partial charge in [0.05, 0.1) is 0 Å². The fourth-order valence-electron chi connectivity index (χ4n) is 4.99. The molecule has 0 spiro atoms. The number of anilines is 2. The average molecular weight is 645 g/mol. The molecule has 0 aliphatic carbocycles. The van der Waals surface area contributed by atoms with Crippen LogP contribution in [0, 0.1) is 0 Å². The van der Waals surface area contributed by atoms with E-state index in [9.17, 15) is 26.4 Å². The number of nitrogen functional groups attached to an aromatic ring is 1. The van der Waals surface area contributed by atoms with Gasteiger partial charge in [0.25, 0.3) is 15.9 Å². The van der Waals surface area contributed by atoms with E-state index in [0.717, 1.165) is 67.7 Å². The number of piperazine rings is 1. The molecule has 0 unspecified atom stereocenters. The van der Waals surface area contributed by atoms with E-state index in [1.165, 1.54) is 17.7 Å². The normalized spacial score (nSPS) is 14.3. The van der Waals surface area contributed by atoms with Crippen LogP contribution in [0.25, 0.3) is 11.1 Å². The molecule has 0 aromatic heterocycles. The Morgan fingerprint density at radius 1 is 0.909 bits per heavy atom. The van der Waals surface area contributed by atoms with Crippen molar-refractivity contribution in [1.82, 2.24) is 9.62 Å². The molecule has 0 bridgehead atoms. The third kappa shape index (κ3) is 7.62. The number of hydrogen-bond acceptors (Lipinski definition) is 7. The Morgan fingerprint density at radius 3 is 2.23 bits per heavy atom. The second kappa shape index (κ2) is 12.8. The smallest absolute Gasteiger partial charge is 0.404 e. The van der Waals surface area contributed by atoms with E-state index in [1.807, 2.05) is 36.4 Å². The Balaban J connectivity index is 1.20. The first-order chi connectivity index (χ1) is 20.9. The first-order valence-electron chi connectivity index (χ1n) is 13.5. The summed E-state index contributed by atoms with van der Waals surface area (Å²) in [7, 11) is -4.71. The second-order valence-electron chi connectivity index (χ2n) is 10.2. The molecule has 4 aromatic carbocycles. The minimum absolute atomic E-state index is 0.0171. The molecule has 44 heavy (non-hydrogen) atoms. The summed E-state index contributed by atoms with van der Waals surface area (Å²) in [6.07, 6.45) is -5.16. The van der Waals surface area contributed by atoms with Gasteiger partial charge in [-0.2, -0.15) is 0 Å². The van der Waals surface area contributed by atoms with Crippen LogP contribution in [0.5, 0.6) is 5.75 Å². The maximum Gasteiger partial charge on any atom is 0.573 e. The molecule has 230 valence electrons. The number of hydrogen-bond donors (Lipinski definition) is 2. The zero-order valence-electron chi connectivity index (χ0n) is 23.2. The van der Waals surface area contributed by atoms with Crippen LogP contribution < -0.4 is 20.1 Å². The third-order valence-corrected chi connectivity index (χ3v) is 8.77. The van der Waals surface area contributed by atoms with Crippen molar-refractivity contribution in [2.45, 2.75) is 17.8 Å². The van der Waals surface area contributed by atoms with E-state index >= 15 is 0 Å². The summed E-state index contributed by atoms with van der Waals surface area (Å²) in [5.74, 6) is -2.05. The standard InChI is InChI=1S/C31H28ClF3N4O4S/c32-24-9-5-21(6-10-24)27-4-2-1-3-23(27)20-38-15-17-39(18-16-38)26-12-7-22(8-13-26)30(40)37-44(41,42)29-14-11-25(36)19-28(29)43-31(33,34)35/h1-14,19H,15-18,20,36H2,(H,37,40). The highest BCUT2D eigenvalue weighted by Gasteiger charge is 2.35. The van der Waals surface area contributed by atoms with Gasteiger partial charge < -0.3 is 15.4 Å². The fraction of sp³-hybridized carbons (Fsp3) is 0.194. The SMILES string of the molecule is Nc1ccc(S(=O)(=O)NC(=O)c2ccc(N3CCN(Cc4ccccc4-c4ccc(Cl)cc4)CC3)cc2)c(OC(F)(F)F)c1. The molecule has 0 saturated carbocycles. The van der Waals surface area contributed by atoms with Gasteiger partial charge in [-0.25, -0.2) is 13.1 Å². The first-order valence-corrected chi connectivity index (χ1v) is 15.4. The molecule has 5 rings (SSSR count). The van der Waals surface area contributed by atoms with Gasteiger partial charge >= 0.3 is 6.36 Å². The summed E-state index contributed by atoms with van der Waals surface area (Å²) in [5.41, 5.74) is 9.69. The number of benzene rings is 4. The molecule has 1 aliphatic heterocycles. The summed E-state index contributed by atoms with van der Waals surface area (Å²) in [4.78, 5) is 16.4. The topological polar surface area (TPSA) is 105 Å². The Labute approximate surface area is 257 Å². The van der Waals surface area contributed by atoms with Crippen LogP contribution in [0.2, 0.25) is 5.02 Å². The Morgan fingerprint density at radius 2 is 1.57 bits per heavy atom. The number of halogens is 4. The van der Waals surface area contributed by atoms with E-state index in [-0.39, 0.29) is 11.3 Å². The van der Waals surface area contributed by atoms with Crippen LogP contribution in [0.15, 0.2) is 95.9 Å². The molecule has 1 aliphatic rings. The minimum Gasteiger partial charge on any atom is -0.404 e. The highest BCUT2D eigenvalue weighted by molar-refractivity contribution is 7.90. The van der Waals surface area contributed by atoms with Crippen LogP contribution in [0.4, 0.5) is 24.5 Å². The lowest BCUT2D eigenvalue weighted by atomic mass is 9.99. The van der Waals surface area contributed by atoms with E-state index in [4.69, 9.17) is 17.3 Å². The zero-order chi connectivity index (χ0) is 31.5. The van der Waals surface area contributed by atoms with E-state index < -0.39 is 32.9 Å². The van der Waals surface area contributed by atoms with E-state index in [1.54, 1.807) is 16.9 Å². The maximum atomic E-state index is 12.8. The lowest BCUT2D eigenvalue weighted by Crippen LogP contribution is -2.46. The van der Waals surface area contributed by atoms with Gasteiger partial charge in [0.2, 0.25) is 0 Å². The molecule has 4 aromatic rings. The van der Waals surface area contributed by atoms with Gasteiger partial charge in [-0.3, -0.25) is 9.69 Å². The number of alkyl halides is 3. The van der Waals surface area contributed by atoms with Crippen LogP contribution in [-0.2, 0) is 16.6 Å². The van der Waals surface area contributed by atoms with Crippen LogP contribution in [0.3, 0.4) is 0 Å². The summed E-state index contributed by atoms with van der Waals surface area (Å²) >= 11 is 6.06. The quantitative estimate of drug-likeness (QED) is 0.229. The molecule has 8 nitrogen and oxygen atoms in total. The minimum atomic E-state index is -5.16. The highest BCUT2D eigenvalue weighted by atomic mass is 35.5. The van der Waals surface area contributed by atoms with E-state index in [2.05, 4.69) is 26.7 Å². The lowest BCUT2D eigenvalue weighted by molar-refractivity contribution is -0.275. The van der Waals surface area contributed by atoms with Gasteiger partial charge in [-0.1, -0.05) is 48.0 Å². The van der Waals surface area contributed by atoms with Crippen LogP contribution >= 0.6 is 11.6 Å². The Bertz CT molecular complexity index is 1740. The van der Waals surface area contributed by atoms with Crippen molar-refractivity contribution in [2.24, 2.45) is 0 Å². The van der Waals surface area contributed by atoms with Gasteiger partial charge in [0, 0.05) is 60.8 Å². The number of carbonyl (C=O) groups excluding carboxylic acids is 1. The Kier molecular flexibility index (Phi) is 9.05. The number of rotatable bonds is 8. The van der Waals surface area contributed by atoms with Crippen molar-refractivity contribution in [3.05, 3.63) is 107 Å². The number of amides is 1. The number of sulfonamides is 1. The summed E-state index contributed by atoms with van der Waals surface area (Å²) < 4.78 is 69.6. The average Bonchev–Trinajstić information content (AvgIpc) is 2.97. The molecule has 0 radical (unpaired) electrons. The molecule has 0 atom stereocenters. The number of nitrogens with zero attached hydrogens (tertiary/aromatic N) is 2. The zero-order valence-corrected chi connectivity index (χ0v) is 24.8. The van der Waals surface area contributed by atoms with Crippen LogP contribution in [0.1, 0.15) is 15.9 Å². The van der Waals surface area contributed by atoms with Gasteiger partial charge in [-0.05, 0) is 65.2 Å². The number of nitrogens with two attached hydrogens (primary N) is 1. The molecule has 1 heterocycles. The number of ether oxygens (including phenoxy) is 1. The van der Waals surface area contributed by atoms with Crippen molar-refractivity contribution >= 4 is 38.9 Å². The van der Waals surface area contributed by atoms with Crippen molar-refractivity contribution in [3.63, 3.8) is 0 Å². The fourth-order valence-corrected chi connectivity index (χ4v) is 6.20. The van der Waals surface area contributed by atoms with Crippen molar-refractivity contribution < 1.29 is 31.1 Å². The van der Waals surface area contributed by atoms with Crippen molar-refractivity contribution in [1.29, 1.82) is 0 Å². The summed E-state index contributed by atoms with van der Waals surface area (Å²) in [6, 6.07) is 25.0. The largest absolute Gasteiger partial charge is 0.573 e. The van der Waals surface area contributed by atoms with Gasteiger partial charge in [-0.15, -0.1) is 13.2 Å². The maximum absolute atomic E-state index is 12.8. The van der Waals surface area contributed by atoms with Crippen molar-refractivity contribution in [2.75, 3.05) is 36.8 Å². The first kappa shape index (κ1) is 31.2. The van der Waals surface area contributed by atoms with E-state index in [0.29, 0.717) is 5.02 Å². The molecular weight excluding hydrogens is 617 g/mol. The van der Waals surface area contributed by atoms with Gasteiger partial charge in [0.1, 0.15) is 4.90 Å². The third-order valence-electron chi connectivity index (χ3n) is 7.14.